The van der Waals surface area contributed by atoms with Gasteiger partial charge >= 0.3 is 5.97 Å². The number of fused-ring (bicyclic) bond motifs is 2. The molecule has 0 aliphatic carbocycles. The van der Waals surface area contributed by atoms with E-state index >= 15 is 0 Å². The summed E-state index contributed by atoms with van der Waals surface area (Å²) < 4.78 is 11.7. The molecule has 8 nitrogen and oxygen atoms in total. The summed E-state index contributed by atoms with van der Waals surface area (Å²) in [5.41, 5.74) is -0.382. The van der Waals surface area contributed by atoms with Gasteiger partial charge in [-0.1, -0.05) is 30.3 Å². The Morgan fingerprint density at radius 1 is 1.17 bits per heavy atom. The number of carbonyl (C=O) groups is 3. The number of nitrogens with zero attached hydrogens (tertiary/aromatic N) is 1. The van der Waals surface area contributed by atoms with Crippen molar-refractivity contribution in [3.8, 4) is 0 Å². The molecular formula is C27H32N2O6. The first-order chi connectivity index (χ1) is 17.0. The maximum atomic E-state index is 13.8. The normalized spacial score (nSPS) is 29.0. The van der Waals surface area contributed by atoms with Crippen molar-refractivity contribution in [2.24, 2.45) is 11.8 Å². The number of ether oxygens (including phenoxy) is 2. The highest BCUT2D eigenvalue weighted by Crippen LogP contribution is 2.58. The molecule has 2 N–H and O–H groups in total. The fourth-order valence-corrected chi connectivity index (χ4v) is 6.25. The van der Waals surface area contributed by atoms with Crippen molar-refractivity contribution in [3.05, 3.63) is 42.5 Å². The lowest BCUT2D eigenvalue weighted by molar-refractivity contribution is -0.154. The number of aliphatic hydroxyl groups is 1. The van der Waals surface area contributed by atoms with Gasteiger partial charge in [-0.3, -0.25) is 14.4 Å². The third kappa shape index (κ3) is 3.98. The van der Waals surface area contributed by atoms with Gasteiger partial charge in [0.15, 0.2) is 0 Å². The Kier molecular flexibility index (Phi) is 6.51. The van der Waals surface area contributed by atoms with Crippen LogP contribution in [0.5, 0.6) is 0 Å². The van der Waals surface area contributed by atoms with E-state index in [1.54, 1.807) is 11.8 Å². The first kappa shape index (κ1) is 23.8. The van der Waals surface area contributed by atoms with E-state index in [1.165, 1.54) is 0 Å². The van der Waals surface area contributed by atoms with Gasteiger partial charge in [-0.2, -0.15) is 0 Å². The molecule has 2 aromatic carbocycles. The van der Waals surface area contributed by atoms with Crippen LogP contribution in [-0.2, 0) is 23.9 Å². The lowest BCUT2D eigenvalue weighted by Gasteiger charge is -2.33. The van der Waals surface area contributed by atoms with Crippen LogP contribution in [0.15, 0.2) is 42.5 Å². The quantitative estimate of drug-likeness (QED) is 0.422. The molecule has 35 heavy (non-hydrogen) atoms. The van der Waals surface area contributed by atoms with Gasteiger partial charge in [-0.05, 0) is 61.9 Å². The van der Waals surface area contributed by atoms with Crippen molar-refractivity contribution >= 4 is 34.2 Å². The standard InChI is InChI=1S/C27H32N2O6/c1-2-34-26(33)21-20-12-13-27(35-20)22(21)25(32)29(14-6-3-7-15-30)23(27)24(31)28-19-11-10-17-8-4-5-9-18(17)16-19/h4-5,8-11,16,20-23,30H,2-3,6-7,12-15H2,1H3,(H,28,31)/t20-,21+,22+,23-,27+/m1/s1. The van der Waals surface area contributed by atoms with Crippen LogP contribution in [0.25, 0.3) is 10.8 Å². The fourth-order valence-electron chi connectivity index (χ4n) is 6.25. The third-order valence-corrected chi connectivity index (χ3v) is 7.68. The van der Waals surface area contributed by atoms with Crippen molar-refractivity contribution < 1.29 is 29.0 Å². The summed E-state index contributed by atoms with van der Waals surface area (Å²) in [6.07, 6.45) is 2.78. The number of amides is 2. The molecule has 0 radical (unpaired) electrons. The molecule has 0 unspecified atom stereocenters. The van der Waals surface area contributed by atoms with Gasteiger partial charge in [0.05, 0.1) is 24.5 Å². The minimum Gasteiger partial charge on any atom is -0.466 e. The summed E-state index contributed by atoms with van der Waals surface area (Å²) in [6, 6.07) is 12.8. The average molecular weight is 481 g/mol. The summed E-state index contributed by atoms with van der Waals surface area (Å²) >= 11 is 0. The van der Waals surface area contributed by atoms with E-state index in [4.69, 9.17) is 14.6 Å². The van der Waals surface area contributed by atoms with E-state index in [-0.39, 0.29) is 25.0 Å². The Labute approximate surface area is 204 Å². The molecule has 0 aromatic heterocycles. The SMILES string of the molecule is CCOC(=O)[C@@H]1[C@H]2C(=O)N(CCCCCO)[C@H](C(=O)Nc3ccc4ccccc4c3)[C@]23CC[C@H]1O3. The van der Waals surface area contributed by atoms with Crippen LogP contribution < -0.4 is 5.32 Å². The van der Waals surface area contributed by atoms with E-state index in [0.29, 0.717) is 37.9 Å². The molecular weight excluding hydrogens is 448 g/mol. The van der Waals surface area contributed by atoms with Crippen LogP contribution in [-0.4, -0.2) is 65.3 Å². The predicted molar refractivity (Wildman–Crippen MR) is 129 cm³/mol. The van der Waals surface area contributed by atoms with E-state index in [0.717, 1.165) is 17.2 Å². The van der Waals surface area contributed by atoms with Crippen LogP contribution in [0, 0.1) is 11.8 Å². The Hall–Kier alpha value is -2.97. The summed E-state index contributed by atoms with van der Waals surface area (Å²) in [6.45, 7) is 2.43. The van der Waals surface area contributed by atoms with Crippen molar-refractivity contribution in [1.29, 1.82) is 0 Å². The van der Waals surface area contributed by atoms with Crippen LogP contribution in [0.2, 0.25) is 0 Å². The second-order valence-electron chi connectivity index (χ2n) is 9.68. The molecule has 186 valence electrons. The highest BCUT2D eigenvalue weighted by atomic mass is 16.6. The third-order valence-electron chi connectivity index (χ3n) is 7.68. The van der Waals surface area contributed by atoms with Gasteiger partial charge in [0, 0.05) is 18.8 Å². The van der Waals surface area contributed by atoms with Crippen LogP contribution in [0.4, 0.5) is 5.69 Å². The lowest BCUT2D eigenvalue weighted by Crippen LogP contribution is -2.53. The maximum absolute atomic E-state index is 13.8. The molecule has 2 amide bonds. The summed E-state index contributed by atoms with van der Waals surface area (Å²) in [5.74, 6) is -2.34. The van der Waals surface area contributed by atoms with E-state index < -0.39 is 35.6 Å². The van der Waals surface area contributed by atoms with Crippen LogP contribution in [0.1, 0.15) is 39.0 Å². The number of carbonyl (C=O) groups excluding carboxylic acids is 3. The highest BCUT2D eigenvalue weighted by molar-refractivity contribution is 6.04. The van der Waals surface area contributed by atoms with Gasteiger partial charge in [0.25, 0.3) is 0 Å². The monoisotopic (exact) mass is 480 g/mol. The molecule has 1 spiro atoms. The summed E-state index contributed by atoms with van der Waals surface area (Å²) in [7, 11) is 0. The maximum Gasteiger partial charge on any atom is 0.312 e. The van der Waals surface area contributed by atoms with E-state index in [1.807, 2.05) is 42.5 Å². The number of rotatable bonds is 9. The zero-order chi connectivity index (χ0) is 24.6. The molecule has 8 heteroatoms. The minimum absolute atomic E-state index is 0.0854. The molecule has 3 aliphatic rings. The molecule has 2 bridgehead atoms. The topological polar surface area (TPSA) is 105 Å². The van der Waals surface area contributed by atoms with Gasteiger partial charge in [-0.25, -0.2) is 0 Å². The van der Waals surface area contributed by atoms with Gasteiger partial charge < -0.3 is 24.8 Å². The van der Waals surface area contributed by atoms with Gasteiger partial charge in [-0.15, -0.1) is 0 Å². The largest absolute Gasteiger partial charge is 0.466 e. The van der Waals surface area contributed by atoms with E-state index in [2.05, 4.69) is 5.32 Å². The fraction of sp³-hybridized carbons (Fsp3) is 0.519. The van der Waals surface area contributed by atoms with Gasteiger partial charge in [0.2, 0.25) is 11.8 Å². The van der Waals surface area contributed by atoms with Crippen LogP contribution >= 0.6 is 0 Å². The van der Waals surface area contributed by atoms with Crippen molar-refractivity contribution in [2.45, 2.75) is 56.8 Å². The molecule has 5 atom stereocenters. The second kappa shape index (κ2) is 9.59. The van der Waals surface area contributed by atoms with Gasteiger partial charge in [0.1, 0.15) is 11.6 Å². The molecule has 3 aliphatic heterocycles. The Morgan fingerprint density at radius 2 is 1.97 bits per heavy atom. The number of anilines is 1. The van der Waals surface area contributed by atoms with Crippen molar-refractivity contribution in [3.63, 3.8) is 0 Å². The number of hydrogen-bond donors (Lipinski definition) is 2. The number of unbranched alkanes of at least 4 members (excludes halogenated alkanes) is 2. The molecule has 3 saturated heterocycles. The Balaban J connectivity index is 1.45. The van der Waals surface area contributed by atoms with E-state index in [9.17, 15) is 14.4 Å². The number of likely N-dealkylation sites (tertiary alicyclic amines) is 1. The van der Waals surface area contributed by atoms with Crippen LogP contribution in [0.3, 0.4) is 0 Å². The molecule has 3 heterocycles. The average Bonchev–Trinajstić information content (AvgIpc) is 3.49. The van der Waals surface area contributed by atoms with Crippen molar-refractivity contribution in [2.75, 3.05) is 25.1 Å². The molecule has 5 rings (SSSR count). The molecule has 3 fully saturated rings. The number of benzene rings is 2. The smallest absolute Gasteiger partial charge is 0.312 e. The Morgan fingerprint density at radius 3 is 2.74 bits per heavy atom. The summed E-state index contributed by atoms with van der Waals surface area (Å²) in [5, 5.41) is 14.2. The molecule has 2 aromatic rings. The second-order valence-corrected chi connectivity index (χ2v) is 9.68. The first-order valence-electron chi connectivity index (χ1n) is 12.6. The number of nitrogens with one attached hydrogen (secondary N) is 1. The Bertz CT molecular complexity index is 1140. The number of hydrogen-bond acceptors (Lipinski definition) is 6. The zero-order valence-electron chi connectivity index (χ0n) is 19.9. The first-order valence-corrected chi connectivity index (χ1v) is 12.6. The minimum atomic E-state index is -1.03. The highest BCUT2D eigenvalue weighted by Gasteiger charge is 2.74. The van der Waals surface area contributed by atoms with Crippen molar-refractivity contribution in [1.82, 2.24) is 4.90 Å². The predicted octanol–water partition coefficient (Wildman–Crippen LogP) is 2.88. The summed E-state index contributed by atoms with van der Waals surface area (Å²) in [4.78, 5) is 41.9. The lowest BCUT2D eigenvalue weighted by atomic mass is 9.71. The zero-order valence-corrected chi connectivity index (χ0v) is 19.9. The molecule has 0 saturated carbocycles. The number of esters is 1. The number of aliphatic hydroxyl groups excluding tert-OH is 1.